The van der Waals surface area contributed by atoms with Crippen LogP contribution < -0.4 is 10.6 Å². The molecule has 0 aliphatic rings. The average Bonchev–Trinajstić information content (AvgIpc) is 2.28. The molecule has 0 saturated heterocycles. The molecule has 0 aromatic rings. The van der Waals surface area contributed by atoms with Crippen LogP contribution in [0.1, 0.15) is 13.3 Å². The van der Waals surface area contributed by atoms with Crippen LogP contribution in [0.25, 0.3) is 0 Å². The summed E-state index contributed by atoms with van der Waals surface area (Å²) in [7, 11) is 0. The first-order valence-corrected chi connectivity index (χ1v) is 5.48. The Kier molecular flexibility index (Phi) is 8.71. The Labute approximate surface area is 109 Å². The van der Waals surface area contributed by atoms with Crippen LogP contribution in [-0.4, -0.2) is 55.3 Å². The van der Waals surface area contributed by atoms with Crippen LogP contribution in [-0.2, 0) is 23.9 Å². The summed E-state index contributed by atoms with van der Waals surface area (Å²) < 4.78 is 9.09. The largest absolute Gasteiger partial charge is 0.480 e. The highest BCUT2D eigenvalue weighted by Gasteiger charge is 2.09. The fourth-order valence-electron chi connectivity index (χ4n) is 0.949. The molecule has 3 N–H and O–H groups in total. The molecule has 0 radical (unpaired) electrons. The maximum atomic E-state index is 11.1. The van der Waals surface area contributed by atoms with Crippen molar-refractivity contribution in [1.82, 2.24) is 10.6 Å². The Hall–Kier alpha value is -2.16. The number of nitrogens with one attached hydrogen (secondary N) is 2. The highest BCUT2D eigenvalue weighted by atomic mass is 16.5. The molecule has 0 fully saturated rings. The van der Waals surface area contributed by atoms with Crippen LogP contribution >= 0.6 is 0 Å². The first-order valence-electron chi connectivity index (χ1n) is 5.48. The molecule has 108 valence electrons. The van der Waals surface area contributed by atoms with Gasteiger partial charge in [0.15, 0.2) is 0 Å². The molecule has 3 amide bonds. The van der Waals surface area contributed by atoms with E-state index in [1.54, 1.807) is 6.92 Å². The lowest BCUT2D eigenvalue weighted by Crippen LogP contribution is -2.42. The quantitative estimate of drug-likeness (QED) is 0.478. The predicted molar refractivity (Wildman–Crippen MR) is 61.2 cm³/mol. The van der Waals surface area contributed by atoms with Crippen LogP contribution in [0.3, 0.4) is 0 Å². The topological polar surface area (TPSA) is 131 Å². The van der Waals surface area contributed by atoms with E-state index in [1.165, 1.54) is 0 Å². The Balaban J connectivity index is 3.65. The number of aliphatic carboxylic acids is 1. The summed E-state index contributed by atoms with van der Waals surface area (Å²) in [6.45, 7) is 0.766. The number of carboxylic acids is 1. The number of hydrogen-bond acceptors (Lipinski definition) is 6. The summed E-state index contributed by atoms with van der Waals surface area (Å²) in [5.74, 6) is -2.46. The van der Waals surface area contributed by atoms with Crippen LogP contribution in [0.2, 0.25) is 0 Å². The molecule has 0 aliphatic carbocycles. The SMILES string of the molecule is CCOC(=O)CCNC(=O)NC(=O)COCC(=O)O. The number of imide groups is 1. The molecule has 0 heterocycles. The fraction of sp³-hybridized carbons (Fsp3) is 0.600. The van der Waals surface area contributed by atoms with Crippen molar-refractivity contribution in [1.29, 1.82) is 0 Å². The summed E-state index contributed by atoms with van der Waals surface area (Å²) in [6, 6.07) is -0.798. The third kappa shape index (κ3) is 10.7. The second-order valence-electron chi connectivity index (χ2n) is 3.25. The van der Waals surface area contributed by atoms with Gasteiger partial charge in [-0.1, -0.05) is 0 Å². The second-order valence-corrected chi connectivity index (χ2v) is 3.25. The van der Waals surface area contributed by atoms with Gasteiger partial charge in [0.2, 0.25) is 0 Å². The average molecular weight is 276 g/mol. The summed E-state index contributed by atoms with van der Waals surface area (Å²) in [6.07, 6.45) is -0.00896. The van der Waals surface area contributed by atoms with Crippen molar-refractivity contribution in [3.63, 3.8) is 0 Å². The number of carbonyl (C=O) groups excluding carboxylic acids is 3. The van der Waals surface area contributed by atoms with Crippen molar-refractivity contribution in [2.24, 2.45) is 0 Å². The third-order valence-corrected chi connectivity index (χ3v) is 1.63. The zero-order valence-corrected chi connectivity index (χ0v) is 10.4. The van der Waals surface area contributed by atoms with Crippen molar-refractivity contribution < 1.29 is 33.8 Å². The summed E-state index contributed by atoms with van der Waals surface area (Å²) >= 11 is 0. The van der Waals surface area contributed by atoms with Gasteiger partial charge in [-0.2, -0.15) is 0 Å². The molecule has 0 aromatic heterocycles. The number of amides is 3. The Morgan fingerprint density at radius 1 is 1.16 bits per heavy atom. The van der Waals surface area contributed by atoms with E-state index in [4.69, 9.17) is 5.11 Å². The standard InChI is InChI=1S/C10H16N2O7/c1-2-19-9(16)3-4-11-10(17)12-7(13)5-18-6-8(14)15/h2-6H2,1H3,(H,14,15)(H2,11,12,13,17). The third-order valence-electron chi connectivity index (χ3n) is 1.63. The smallest absolute Gasteiger partial charge is 0.329 e. The lowest BCUT2D eigenvalue weighted by Gasteiger charge is -2.06. The number of rotatable bonds is 8. The maximum absolute atomic E-state index is 11.1. The molecule has 0 unspecified atom stereocenters. The molecule has 19 heavy (non-hydrogen) atoms. The van der Waals surface area contributed by atoms with Gasteiger partial charge >= 0.3 is 18.0 Å². The van der Waals surface area contributed by atoms with E-state index in [0.717, 1.165) is 0 Å². The molecule has 0 saturated carbocycles. The van der Waals surface area contributed by atoms with Gasteiger partial charge in [-0.15, -0.1) is 0 Å². The molecule has 9 nitrogen and oxygen atoms in total. The van der Waals surface area contributed by atoms with Crippen LogP contribution in [0.5, 0.6) is 0 Å². The molecule has 0 aliphatic heterocycles. The molecule has 0 aromatic carbocycles. The zero-order valence-electron chi connectivity index (χ0n) is 10.4. The number of hydrogen-bond donors (Lipinski definition) is 3. The number of carboxylic acid groups (broad SMARTS) is 1. The fourth-order valence-corrected chi connectivity index (χ4v) is 0.949. The molecule has 0 spiro atoms. The first kappa shape index (κ1) is 16.8. The lowest BCUT2D eigenvalue weighted by molar-refractivity contribution is -0.144. The van der Waals surface area contributed by atoms with Crippen molar-refractivity contribution in [3.8, 4) is 0 Å². The number of esters is 1. The minimum absolute atomic E-state index is 0.00896. The minimum atomic E-state index is -1.22. The summed E-state index contributed by atoms with van der Waals surface area (Å²) in [5.41, 5.74) is 0. The van der Waals surface area contributed by atoms with E-state index < -0.39 is 37.1 Å². The van der Waals surface area contributed by atoms with E-state index in [2.05, 4.69) is 14.8 Å². The van der Waals surface area contributed by atoms with Gasteiger partial charge in [0.05, 0.1) is 13.0 Å². The van der Waals surface area contributed by atoms with Gasteiger partial charge in [-0.3, -0.25) is 14.9 Å². The number of carbonyl (C=O) groups is 4. The molecule has 9 heteroatoms. The van der Waals surface area contributed by atoms with Crippen molar-refractivity contribution in [3.05, 3.63) is 0 Å². The number of urea groups is 1. The van der Waals surface area contributed by atoms with Crippen LogP contribution in [0.15, 0.2) is 0 Å². The highest BCUT2D eigenvalue weighted by molar-refractivity contribution is 5.95. The van der Waals surface area contributed by atoms with Crippen LogP contribution in [0.4, 0.5) is 4.79 Å². The second kappa shape index (κ2) is 9.83. The summed E-state index contributed by atoms with van der Waals surface area (Å²) in [4.78, 5) is 43.2. The van der Waals surface area contributed by atoms with E-state index >= 15 is 0 Å². The van der Waals surface area contributed by atoms with Crippen LogP contribution in [0, 0.1) is 0 Å². The van der Waals surface area contributed by atoms with E-state index in [0.29, 0.717) is 0 Å². The predicted octanol–water partition coefficient (Wildman–Crippen LogP) is -1.13. The van der Waals surface area contributed by atoms with Crippen molar-refractivity contribution in [2.45, 2.75) is 13.3 Å². The number of ether oxygens (including phenoxy) is 2. The maximum Gasteiger partial charge on any atom is 0.329 e. The first-order chi connectivity index (χ1) is 8.95. The van der Waals surface area contributed by atoms with E-state index in [-0.39, 0.29) is 19.6 Å². The molecule has 0 rings (SSSR count). The molecular formula is C10H16N2O7. The van der Waals surface area contributed by atoms with E-state index in [9.17, 15) is 19.2 Å². The van der Waals surface area contributed by atoms with Gasteiger partial charge in [-0.05, 0) is 6.92 Å². The lowest BCUT2D eigenvalue weighted by atomic mass is 10.4. The normalized spacial score (nSPS) is 9.53. The molecule has 0 atom stereocenters. The van der Waals surface area contributed by atoms with Gasteiger partial charge in [0, 0.05) is 6.54 Å². The highest BCUT2D eigenvalue weighted by Crippen LogP contribution is 1.84. The zero-order chi connectivity index (χ0) is 14.7. The van der Waals surface area contributed by atoms with Gasteiger partial charge in [0.1, 0.15) is 13.2 Å². The molecule has 0 bridgehead atoms. The minimum Gasteiger partial charge on any atom is -0.480 e. The Bertz CT molecular complexity index is 343. The van der Waals surface area contributed by atoms with Crippen molar-refractivity contribution in [2.75, 3.05) is 26.4 Å². The van der Waals surface area contributed by atoms with E-state index in [1.807, 2.05) is 5.32 Å². The monoisotopic (exact) mass is 276 g/mol. The van der Waals surface area contributed by atoms with Gasteiger partial charge in [-0.25, -0.2) is 9.59 Å². The molecular weight excluding hydrogens is 260 g/mol. The Morgan fingerprint density at radius 2 is 1.84 bits per heavy atom. The van der Waals surface area contributed by atoms with Gasteiger partial charge in [0.25, 0.3) is 5.91 Å². The summed E-state index contributed by atoms with van der Waals surface area (Å²) in [5, 5.41) is 12.4. The van der Waals surface area contributed by atoms with Gasteiger partial charge < -0.3 is 19.9 Å². The Morgan fingerprint density at radius 3 is 2.42 bits per heavy atom. The van der Waals surface area contributed by atoms with Crippen molar-refractivity contribution >= 4 is 23.9 Å².